The lowest BCUT2D eigenvalue weighted by molar-refractivity contribution is -0.140. The molecule has 0 aromatic rings. The highest BCUT2D eigenvalue weighted by molar-refractivity contribution is 4.93. The number of hydrogen-bond acceptors (Lipinski definition) is 3. The van der Waals surface area contributed by atoms with Gasteiger partial charge in [0.1, 0.15) is 0 Å². The molecule has 1 atom stereocenters. The number of rotatable bonds is 1. The van der Waals surface area contributed by atoms with E-state index >= 15 is 0 Å². The van der Waals surface area contributed by atoms with Gasteiger partial charge in [0.25, 0.3) is 0 Å². The zero-order chi connectivity index (χ0) is 10.9. The van der Waals surface area contributed by atoms with Crippen LogP contribution >= 0.6 is 0 Å². The Morgan fingerprint density at radius 1 is 1.20 bits per heavy atom. The van der Waals surface area contributed by atoms with E-state index in [0.29, 0.717) is 6.04 Å². The minimum absolute atomic E-state index is 0.0180. The second-order valence-corrected chi connectivity index (χ2v) is 5.37. The molecule has 1 aliphatic carbocycles. The van der Waals surface area contributed by atoms with Crippen LogP contribution in [-0.2, 0) is 4.74 Å². The smallest absolute Gasteiger partial charge is 0.0708 e. The Morgan fingerprint density at radius 3 is 2.40 bits per heavy atom. The zero-order valence-electron chi connectivity index (χ0n) is 9.91. The van der Waals surface area contributed by atoms with Crippen LogP contribution in [0.15, 0.2) is 0 Å². The van der Waals surface area contributed by atoms with Crippen LogP contribution in [0.25, 0.3) is 0 Å². The van der Waals surface area contributed by atoms with Crippen molar-refractivity contribution in [2.75, 3.05) is 20.7 Å². The number of hydrogen-bond donors (Lipinski definition) is 1. The lowest BCUT2D eigenvalue weighted by Crippen LogP contribution is -2.47. The van der Waals surface area contributed by atoms with Crippen molar-refractivity contribution < 1.29 is 9.84 Å². The molecule has 88 valence electrons. The molecule has 0 amide bonds. The SMILES string of the molecule is CN(C)C1CCC2(CC1)CC(O)CCO2. The molecule has 1 N–H and O–H groups in total. The number of nitrogens with zero attached hydrogens (tertiary/aromatic N) is 1. The third kappa shape index (κ3) is 2.52. The average Bonchev–Trinajstić information content (AvgIpc) is 2.18. The van der Waals surface area contributed by atoms with E-state index in [9.17, 15) is 5.11 Å². The lowest BCUT2D eigenvalue weighted by Gasteiger charge is -2.45. The predicted molar refractivity (Wildman–Crippen MR) is 59.9 cm³/mol. The van der Waals surface area contributed by atoms with E-state index in [1.165, 1.54) is 12.8 Å². The quantitative estimate of drug-likeness (QED) is 0.714. The molecule has 2 fully saturated rings. The van der Waals surface area contributed by atoms with Gasteiger partial charge in [-0.1, -0.05) is 0 Å². The predicted octanol–water partition coefficient (Wildman–Crippen LogP) is 1.40. The Bertz CT molecular complexity index is 210. The number of aliphatic hydroxyl groups is 1. The number of ether oxygens (including phenoxy) is 1. The van der Waals surface area contributed by atoms with Crippen molar-refractivity contribution in [3.05, 3.63) is 0 Å². The zero-order valence-corrected chi connectivity index (χ0v) is 9.91. The van der Waals surface area contributed by atoms with Crippen molar-refractivity contribution in [1.29, 1.82) is 0 Å². The van der Waals surface area contributed by atoms with Crippen molar-refractivity contribution in [3.63, 3.8) is 0 Å². The van der Waals surface area contributed by atoms with Crippen LogP contribution in [0.3, 0.4) is 0 Å². The highest BCUT2D eigenvalue weighted by Gasteiger charge is 2.40. The average molecular weight is 213 g/mol. The first-order valence-electron chi connectivity index (χ1n) is 6.10. The minimum Gasteiger partial charge on any atom is -0.393 e. The van der Waals surface area contributed by atoms with Gasteiger partial charge < -0.3 is 14.7 Å². The van der Waals surface area contributed by atoms with Crippen molar-refractivity contribution in [2.24, 2.45) is 0 Å². The molecule has 0 aromatic heterocycles. The van der Waals surface area contributed by atoms with Gasteiger partial charge >= 0.3 is 0 Å². The van der Waals surface area contributed by atoms with E-state index in [4.69, 9.17) is 4.74 Å². The minimum atomic E-state index is -0.130. The lowest BCUT2D eigenvalue weighted by atomic mass is 9.77. The summed E-state index contributed by atoms with van der Waals surface area (Å²) in [6.07, 6.45) is 6.19. The first-order valence-corrected chi connectivity index (χ1v) is 6.10. The monoisotopic (exact) mass is 213 g/mol. The summed E-state index contributed by atoms with van der Waals surface area (Å²) in [6, 6.07) is 0.707. The summed E-state index contributed by atoms with van der Waals surface area (Å²) in [5, 5.41) is 9.71. The van der Waals surface area contributed by atoms with Gasteiger partial charge in [0, 0.05) is 19.1 Å². The van der Waals surface area contributed by atoms with Gasteiger partial charge in [-0.05, 0) is 46.2 Å². The van der Waals surface area contributed by atoms with Crippen LogP contribution in [0.4, 0.5) is 0 Å². The van der Waals surface area contributed by atoms with Gasteiger partial charge in [-0.25, -0.2) is 0 Å². The molecule has 15 heavy (non-hydrogen) atoms. The van der Waals surface area contributed by atoms with Crippen LogP contribution in [0, 0.1) is 0 Å². The van der Waals surface area contributed by atoms with Crippen LogP contribution in [-0.4, -0.2) is 48.5 Å². The molecule has 0 radical (unpaired) electrons. The molecular weight excluding hydrogens is 190 g/mol. The van der Waals surface area contributed by atoms with E-state index in [2.05, 4.69) is 19.0 Å². The van der Waals surface area contributed by atoms with Gasteiger partial charge in [0.05, 0.1) is 11.7 Å². The molecule has 2 aliphatic rings. The molecule has 1 saturated carbocycles. The summed E-state index contributed by atoms with van der Waals surface area (Å²) in [5.41, 5.74) is 0.0180. The summed E-state index contributed by atoms with van der Waals surface area (Å²) in [5.74, 6) is 0. The molecule has 1 aliphatic heterocycles. The van der Waals surface area contributed by atoms with Crippen LogP contribution in [0.5, 0.6) is 0 Å². The van der Waals surface area contributed by atoms with Crippen molar-refractivity contribution in [2.45, 2.75) is 56.3 Å². The topological polar surface area (TPSA) is 32.7 Å². The van der Waals surface area contributed by atoms with Crippen molar-refractivity contribution in [3.8, 4) is 0 Å². The molecule has 1 saturated heterocycles. The fraction of sp³-hybridized carbons (Fsp3) is 1.00. The Balaban J connectivity index is 1.90. The third-order valence-electron chi connectivity index (χ3n) is 4.06. The van der Waals surface area contributed by atoms with Gasteiger partial charge in [0.15, 0.2) is 0 Å². The molecule has 2 rings (SSSR count). The third-order valence-corrected chi connectivity index (χ3v) is 4.06. The maximum absolute atomic E-state index is 9.71. The van der Waals surface area contributed by atoms with Gasteiger partial charge in [0.2, 0.25) is 0 Å². The molecule has 1 unspecified atom stereocenters. The summed E-state index contributed by atoms with van der Waals surface area (Å²) >= 11 is 0. The van der Waals surface area contributed by atoms with Crippen molar-refractivity contribution >= 4 is 0 Å². The largest absolute Gasteiger partial charge is 0.393 e. The van der Waals surface area contributed by atoms with Crippen molar-refractivity contribution in [1.82, 2.24) is 4.90 Å². The summed E-state index contributed by atoms with van der Waals surface area (Å²) in [4.78, 5) is 2.31. The Morgan fingerprint density at radius 2 is 1.87 bits per heavy atom. The van der Waals surface area contributed by atoms with E-state index in [1.807, 2.05) is 0 Å². The van der Waals surface area contributed by atoms with Crippen LogP contribution < -0.4 is 0 Å². The molecule has 3 heteroatoms. The molecule has 0 bridgehead atoms. The summed E-state index contributed by atoms with van der Waals surface area (Å²) in [7, 11) is 4.30. The first kappa shape index (κ1) is 11.4. The molecule has 1 heterocycles. The maximum atomic E-state index is 9.71. The fourth-order valence-electron chi connectivity index (χ4n) is 3.00. The standard InChI is InChI=1S/C12H23NO2/c1-13(2)10-3-6-12(7-4-10)9-11(14)5-8-15-12/h10-11,14H,3-9H2,1-2H3. The highest BCUT2D eigenvalue weighted by atomic mass is 16.5. The second kappa shape index (κ2) is 4.40. The van der Waals surface area contributed by atoms with Gasteiger partial charge in [-0.2, -0.15) is 0 Å². The second-order valence-electron chi connectivity index (χ2n) is 5.37. The Labute approximate surface area is 92.4 Å². The van der Waals surface area contributed by atoms with Gasteiger partial charge in [-0.15, -0.1) is 0 Å². The summed E-state index contributed by atoms with van der Waals surface area (Å²) in [6.45, 7) is 0.744. The molecule has 1 spiro atoms. The van der Waals surface area contributed by atoms with Crippen LogP contribution in [0.1, 0.15) is 38.5 Å². The van der Waals surface area contributed by atoms with Crippen LogP contribution in [0.2, 0.25) is 0 Å². The molecule has 3 nitrogen and oxygen atoms in total. The molecule has 0 aromatic carbocycles. The van der Waals surface area contributed by atoms with E-state index in [-0.39, 0.29) is 11.7 Å². The van der Waals surface area contributed by atoms with Gasteiger partial charge in [-0.3, -0.25) is 0 Å². The molecular formula is C12H23NO2. The Kier molecular flexibility index (Phi) is 3.33. The van der Waals surface area contributed by atoms with E-state index in [1.54, 1.807) is 0 Å². The fourth-order valence-corrected chi connectivity index (χ4v) is 3.00. The Hall–Kier alpha value is -0.120. The van der Waals surface area contributed by atoms with E-state index < -0.39 is 0 Å². The highest BCUT2D eigenvalue weighted by Crippen LogP contribution is 2.39. The summed E-state index contributed by atoms with van der Waals surface area (Å²) < 4.78 is 5.93. The van der Waals surface area contributed by atoms with E-state index in [0.717, 1.165) is 32.3 Å². The normalized spacial score (nSPS) is 42.4. The number of aliphatic hydroxyl groups excluding tert-OH is 1. The maximum Gasteiger partial charge on any atom is 0.0708 e. The first-order chi connectivity index (χ1) is 7.11.